The third-order valence-electron chi connectivity index (χ3n) is 5.13. The number of halogens is 1. The van der Waals surface area contributed by atoms with Gasteiger partial charge in [0.05, 0.1) is 0 Å². The Morgan fingerprint density at radius 1 is 1.22 bits per heavy atom. The Balaban J connectivity index is 2.20. The summed E-state index contributed by atoms with van der Waals surface area (Å²) in [4.78, 5) is 24.2. The van der Waals surface area contributed by atoms with Crippen LogP contribution in [0.4, 0.5) is 10.1 Å². The molecule has 0 saturated heterocycles. The number of aromatic nitrogens is 1. The number of ether oxygens (including phenoxy) is 1. The maximum atomic E-state index is 13.8. The minimum absolute atomic E-state index is 0.165. The van der Waals surface area contributed by atoms with Crippen LogP contribution in [0.1, 0.15) is 16.7 Å². The maximum absolute atomic E-state index is 13.8. The van der Waals surface area contributed by atoms with Gasteiger partial charge in [-0.05, 0) is 60.9 Å². The molecule has 0 atom stereocenters. The summed E-state index contributed by atoms with van der Waals surface area (Å²) in [6.45, 7) is 7.28. The molecule has 0 aliphatic rings. The van der Waals surface area contributed by atoms with Crippen LogP contribution in [-0.4, -0.2) is 17.5 Å². The number of rotatable bonds is 7. The van der Waals surface area contributed by atoms with Crippen LogP contribution in [0.15, 0.2) is 60.0 Å². The highest BCUT2D eigenvalue weighted by atomic mass is 19.1. The first-order chi connectivity index (χ1) is 15.2. The monoisotopic (exact) mass is 435 g/mol. The fourth-order valence-corrected chi connectivity index (χ4v) is 3.59. The summed E-state index contributed by atoms with van der Waals surface area (Å²) in [5, 5.41) is 5.71. The van der Waals surface area contributed by atoms with Crippen LogP contribution < -0.4 is 20.9 Å². The molecule has 6 nitrogen and oxygen atoms in total. The number of anilines is 1. The summed E-state index contributed by atoms with van der Waals surface area (Å²) >= 11 is 0. The smallest absolute Gasteiger partial charge is 0.273 e. The molecule has 0 spiro atoms. The molecule has 3 aromatic rings. The molecular weight excluding hydrogens is 409 g/mol. The molecule has 2 N–H and O–H groups in total. The highest BCUT2D eigenvalue weighted by Crippen LogP contribution is 2.38. The molecule has 32 heavy (non-hydrogen) atoms. The molecule has 0 aliphatic heterocycles. The molecule has 0 aliphatic carbocycles. The molecule has 7 heteroatoms. The van der Waals surface area contributed by atoms with Crippen LogP contribution in [0.3, 0.4) is 0 Å². The zero-order valence-electron chi connectivity index (χ0n) is 18.6. The first kappa shape index (κ1) is 22.8. The Hall–Kier alpha value is -3.87. The fraction of sp³-hybridized carbons (Fsp3) is 0.200. The van der Waals surface area contributed by atoms with Gasteiger partial charge in [0.25, 0.3) is 5.56 Å². The van der Waals surface area contributed by atoms with Crippen molar-refractivity contribution in [3.8, 4) is 22.6 Å². The number of hydrogen-bond donors (Lipinski definition) is 2. The van der Waals surface area contributed by atoms with E-state index in [1.807, 2.05) is 12.1 Å². The van der Waals surface area contributed by atoms with Crippen LogP contribution in [0, 0.1) is 19.7 Å². The van der Waals surface area contributed by atoms with Crippen molar-refractivity contribution in [2.24, 2.45) is 7.05 Å². The number of nitrogens with zero attached hydrogens (tertiary/aromatic N) is 1. The first-order valence-corrected chi connectivity index (χ1v) is 10.1. The number of amides is 1. The van der Waals surface area contributed by atoms with Gasteiger partial charge in [-0.3, -0.25) is 9.59 Å². The number of aryl methyl sites for hydroxylation is 3. The lowest BCUT2D eigenvalue weighted by Crippen LogP contribution is -2.21. The van der Waals surface area contributed by atoms with E-state index in [0.717, 1.165) is 11.1 Å². The molecule has 2 aromatic carbocycles. The zero-order chi connectivity index (χ0) is 23.4. The average molecular weight is 435 g/mol. The van der Waals surface area contributed by atoms with Gasteiger partial charge < -0.3 is 19.9 Å². The normalized spacial score (nSPS) is 10.5. The summed E-state index contributed by atoms with van der Waals surface area (Å²) in [6, 6.07) is 10.1. The van der Waals surface area contributed by atoms with Crippen molar-refractivity contribution < 1.29 is 13.9 Å². The van der Waals surface area contributed by atoms with E-state index in [0.29, 0.717) is 33.9 Å². The van der Waals surface area contributed by atoms with E-state index in [1.165, 1.54) is 22.8 Å². The highest BCUT2D eigenvalue weighted by Gasteiger charge is 2.17. The van der Waals surface area contributed by atoms with Crippen molar-refractivity contribution in [2.45, 2.75) is 20.4 Å². The van der Waals surface area contributed by atoms with Crippen molar-refractivity contribution >= 4 is 11.6 Å². The second-order valence-electron chi connectivity index (χ2n) is 7.49. The standard InChI is InChI=1S/C25H26FN3O3/c1-6-22(30)28-13-17-8-7-9-21(32-24-15(2)10-19(26)11-16(24)3)23(17)18-12-20(27-4)25(31)29(5)14-18/h6-12,14,27H,1,13H2,2-5H3,(H,28,30). The van der Waals surface area contributed by atoms with E-state index >= 15 is 0 Å². The Bertz CT molecular complexity index is 1220. The number of benzene rings is 2. The van der Waals surface area contributed by atoms with Crippen molar-refractivity contribution in [2.75, 3.05) is 12.4 Å². The second kappa shape index (κ2) is 9.51. The summed E-state index contributed by atoms with van der Waals surface area (Å²) in [6.07, 6.45) is 2.92. The Kier molecular flexibility index (Phi) is 6.78. The van der Waals surface area contributed by atoms with Gasteiger partial charge in [0, 0.05) is 38.0 Å². The Morgan fingerprint density at radius 2 is 1.91 bits per heavy atom. The lowest BCUT2D eigenvalue weighted by atomic mass is 9.99. The number of carbonyl (C=O) groups excluding carboxylic acids is 1. The molecule has 1 amide bonds. The fourth-order valence-electron chi connectivity index (χ4n) is 3.59. The van der Waals surface area contributed by atoms with Crippen LogP contribution in [0.2, 0.25) is 0 Å². The van der Waals surface area contributed by atoms with Gasteiger partial charge in [-0.15, -0.1) is 0 Å². The van der Waals surface area contributed by atoms with E-state index in [4.69, 9.17) is 4.74 Å². The molecule has 3 rings (SSSR count). The maximum Gasteiger partial charge on any atom is 0.273 e. The lowest BCUT2D eigenvalue weighted by Gasteiger charge is -2.19. The molecule has 0 unspecified atom stereocenters. The van der Waals surface area contributed by atoms with Gasteiger partial charge in [0.2, 0.25) is 5.91 Å². The summed E-state index contributed by atoms with van der Waals surface area (Å²) in [5.41, 5.74) is 3.82. The first-order valence-electron chi connectivity index (χ1n) is 10.1. The third-order valence-corrected chi connectivity index (χ3v) is 5.13. The quantitative estimate of drug-likeness (QED) is 0.538. The van der Waals surface area contributed by atoms with Gasteiger partial charge in [-0.1, -0.05) is 18.7 Å². The number of carbonyl (C=O) groups is 1. The van der Waals surface area contributed by atoms with Gasteiger partial charge in [0.1, 0.15) is 23.0 Å². The van der Waals surface area contributed by atoms with Crippen molar-refractivity contribution in [3.05, 3.63) is 88.1 Å². The number of hydrogen-bond acceptors (Lipinski definition) is 4. The molecular formula is C25H26FN3O3. The van der Waals surface area contributed by atoms with Crippen LogP contribution in [0.25, 0.3) is 11.1 Å². The van der Waals surface area contributed by atoms with E-state index in [9.17, 15) is 14.0 Å². The SMILES string of the molecule is C=CC(=O)NCc1cccc(Oc2c(C)cc(F)cc2C)c1-c1cc(NC)c(=O)n(C)c1. The molecule has 0 radical (unpaired) electrons. The summed E-state index contributed by atoms with van der Waals surface area (Å²) in [5.74, 6) is 0.446. The average Bonchev–Trinajstić information content (AvgIpc) is 2.76. The van der Waals surface area contributed by atoms with Gasteiger partial charge >= 0.3 is 0 Å². The minimum atomic E-state index is -0.329. The topological polar surface area (TPSA) is 72.4 Å². The van der Waals surface area contributed by atoms with Crippen molar-refractivity contribution in [1.29, 1.82) is 0 Å². The van der Waals surface area contributed by atoms with Gasteiger partial charge in [0.15, 0.2) is 0 Å². The molecule has 0 bridgehead atoms. The zero-order valence-corrected chi connectivity index (χ0v) is 18.6. The second-order valence-corrected chi connectivity index (χ2v) is 7.49. The molecule has 0 saturated carbocycles. The predicted octanol–water partition coefficient (Wildman–Crippen LogP) is 4.44. The van der Waals surface area contributed by atoms with Crippen molar-refractivity contribution in [1.82, 2.24) is 9.88 Å². The largest absolute Gasteiger partial charge is 0.456 e. The lowest BCUT2D eigenvalue weighted by molar-refractivity contribution is -0.116. The van der Waals surface area contributed by atoms with Crippen LogP contribution >= 0.6 is 0 Å². The summed E-state index contributed by atoms with van der Waals surface area (Å²) in [7, 11) is 3.35. The highest BCUT2D eigenvalue weighted by molar-refractivity contribution is 5.87. The number of pyridine rings is 1. The van der Waals surface area contributed by atoms with E-state index in [-0.39, 0.29) is 23.8 Å². The van der Waals surface area contributed by atoms with E-state index in [1.54, 1.807) is 46.3 Å². The van der Waals surface area contributed by atoms with Crippen molar-refractivity contribution in [3.63, 3.8) is 0 Å². The van der Waals surface area contributed by atoms with Gasteiger partial charge in [-0.25, -0.2) is 4.39 Å². The van der Waals surface area contributed by atoms with Crippen LogP contribution in [0.5, 0.6) is 11.5 Å². The third kappa shape index (κ3) is 4.72. The number of nitrogens with one attached hydrogen (secondary N) is 2. The molecule has 1 heterocycles. The Labute approximate surface area is 186 Å². The molecule has 0 fully saturated rings. The minimum Gasteiger partial charge on any atom is -0.456 e. The van der Waals surface area contributed by atoms with E-state index in [2.05, 4.69) is 17.2 Å². The van der Waals surface area contributed by atoms with E-state index < -0.39 is 0 Å². The molecule has 166 valence electrons. The van der Waals surface area contributed by atoms with Gasteiger partial charge in [-0.2, -0.15) is 0 Å². The molecule has 1 aromatic heterocycles. The van der Waals surface area contributed by atoms with Crippen LogP contribution in [-0.2, 0) is 18.4 Å². The Morgan fingerprint density at radius 3 is 2.53 bits per heavy atom. The summed E-state index contributed by atoms with van der Waals surface area (Å²) < 4.78 is 21.6. The predicted molar refractivity (Wildman–Crippen MR) is 125 cm³/mol.